The number of amides is 1. The Bertz CT molecular complexity index is 62.7. The molecule has 44 valence electrons. The van der Waals surface area contributed by atoms with Crippen LogP contribution >= 0.6 is 17.0 Å². The van der Waals surface area contributed by atoms with E-state index in [-0.39, 0.29) is 22.9 Å². The van der Waals surface area contributed by atoms with E-state index >= 15 is 0 Å². The van der Waals surface area contributed by atoms with Crippen molar-refractivity contribution in [1.82, 2.24) is 4.90 Å². The molecule has 0 aromatic heterocycles. The van der Waals surface area contributed by atoms with Gasteiger partial charge in [-0.25, -0.2) is 0 Å². The first kappa shape index (κ1) is 10.0. The van der Waals surface area contributed by atoms with E-state index in [0.717, 1.165) is 0 Å². The zero-order valence-corrected chi connectivity index (χ0v) is 6.48. The molecule has 2 nitrogen and oxygen atoms in total. The number of nitrogens with zero attached hydrogens (tertiary/aromatic N) is 1. The van der Waals surface area contributed by atoms with E-state index in [2.05, 4.69) is 0 Å². The lowest BCUT2D eigenvalue weighted by atomic mass is 10.7. The van der Waals surface area contributed by atoms with Gasteiger partial charge in [0.15, 0.2) is 0 Å². The zero-order valence-electron chi connectivity index (χ0n) is 4.76. The Morgan fingerprint density at radius 2 is 1.57 bits per heavy atom. The summed E-state index contributed by atoms with van der Waals surface area (Å²) in [6.45, 7) is 1.53. The molecule has 0 saturated carbocycles. The molecule has 7 heavy (non-hydrogen) atoms. The molecule has 0 rings (SSSR count). The van der Waals surface area contributed by atoms with Crippen molar-refractivity contribution in [3.05, 3.63) is 0 Å². The van der Waals surface area contributed by atoms with Crippen molar-refractivity contribution >= 4 is 22.9 Å². The minimum atomic E-state index is 0. The van der Waals surface area contributed by atoms with Gasteiger partial charge in [0.2, 0.25) is 5.91 Å². The summed E-state index contributed by atoms with van der Waals surface area (Å²) in [6, 6.07) is 0. The fraction of sp³-hybridized carbons (Fsp3) is 0.750. The van der Waals surface area contributed by atoms with Gasteiger partial charge in [0, 0.05) is 21.0 Å². The average Bonchev–Trinajstić information content (AvgIpc) is 1.36. The molecule has 0 aromatic rings. The number of carbonyl (C=O) groups is 1. The molecule has 0 N–H and O–H groups in total. The molecule has 0 aliphatic rings. The monoisotopic (exact) mass is 167 g/mol. The van der Waals surface area contributed by atoms with Crippen LogP contribution in [0.1, 0.15) is 6.92 Å². The minimum Gasteiger partial charge on any atom is -0.349 e. The van der Waals surface area contributed by atoms with Gasteiger partial charge in [0.05, 0.1) is 0 Å². The second-order valence-electron chi connectivity index (χ2n) is 1.41. The largest absolute Gasteiger partial charge is 0.349 e. The summed E-state index contributed by atoms with van der Waals surface area (Å²) in [5.41, 5.74) is 0. The van der Waals surface area contributed by atoms with Crippen molar-refractivity contribution in [1.29, 1.82) is 0 Å². The van der Waals surface area contributed by atoms with E-state index < -0.39 is 0 Å². The van der Waals surface area contributed by atoms with E-state index in [1.54, 1.807) is 14.1 Å². The first-order valence-electron chi connectivity index (χ1n) is 1.82. The first-order valence-corrected chi connectivity index (χ1v) is 1.82. The van der Waals surface area contributed by atoms with Crippen LogP contribution in [0.2, 0.25) is 0 Å². The zero-order chi connectivity index (χ0) is 5.15. The van der Waals surface area contributed by atoms with Crippen molar-refractivity contribution in [3.63, 3.8) is 0 Å². The highest BCUT2D eigenvalue weighted by atomic mass is 79.9. The topological polar surface area (TPSA) is 20.3 Å². The van der Waals surface area contributed by atoms with E-state index in [4.69, 9.17) is 0 Å². The van der Waals surface area contributed by atoms with Crippen molar-refractivity contribution in [3.8, 4) is 0 Å². The van der Waals surface area contributed by atoms with Crippen molar-refractivity contribution in [2.45, 2.75) is 6.92 Å². The number of carbonyl (C=O) groups excluding carboxylic acids is 1. The number of rotatable bonds is 0. The van der Waals surface area contributed by atoms with E-state index in [0.29, 0.717) is 0 Å². The minimum absolute atomic E-state index is 0. The smallest absolute Gasteiger partial charge is 0.218 e. The molecule has 0 aliphatic carbocycles. The molecule has 0 unspecified atom stereocenters. The Morgan fingerprint density at radius 1 is 1.43 bits per heavy atom. The van der Waals surface area contributed by atoms with Crippen LogP contribution in [0.15, 0.2) is 0 Å². The Kier molecular flexibility index (Phi) is 5.91. The van der Waals surface area contributed by atoms with Crippen LogP contribution in [0.25, 0.3) is 0 Å². The molecule has 0 saturated heterocycles. The maximum atomic E-state index is 10.1. The highest BCUT2D eigenvalue weighted by Crippen LogP contribution is 1.69. The second kappa shape index (κ2) is 4.12. The third-order valence-electron chi connectivity index (χ3n) is 0.630. The Balaban J connectivity index is 0. The quantitative estimate of drug-likeness (QED) is 0.520. The van der Waals surface area contributed by atoms with Crippen LogP contribution in [-0.4, -0.2) is 24.9 Å². The van der Waals surface area contributed by atoms with Crippen LogP contribution in [-0.2, 0) is 4.79 Å². The SMILES string of the molecule is Br.CC(=O)N(C)C. The van der Waals surface area contributed by atoms with Crippen LogP contribution in [0.5, 0.6) is 0 Å². The average molecular weight is 168 g/mol. The second-order valence-corrected chi connectivity index (χ2v) is 1.41. The third kappa shape index (κ3) is 5.95. The van der Waals surface area contributed by atoms with Crippen molar-refractivity contribution in [2.24, 2.45) is 0 Å². The summed E-state index contributed by atoms with van der Waals surface area (Å²) in [5, 5.41) is 0. The molecule has 1 amide bonds. The van der Waals surface area contributed by atoms with Crippen molar-refractivity contribution in [2.75, 3.05) is 14.1 Å². The summed E-state index contributed by atoms with van der Waals surface area (Å²) in [4.78, 5) is 11.6. The maximum absolute atomic E-state index is 10.1. The van der Waals surface area contributed by atoms with Gasteiger partial charge in [-0.3, -0.25) is 4.79 Å². The first-order chi connectivity index (χ1) is 2.64. The lowest BCUT2D eigenvalue weighted by Crippen LogP contribution is -2.17. The van der Waals surface area contributed by atoms with E-state index in [1.807, 2.05) is 0 Å². The fourth-order valence-corrected chi connectivity index (χ4v) is 0. The summed E-state index contributed by atoms with van der Waals surface area (Å²) in [5.74, 6) is 0.0926. The third-order valence-corrected chi connectivity index (χ3v) is 0.630. The highest BCUT2D eigenvalue weighted by molar-refractivity contribution is 8.93. The Hall–Kier alpha value is -0.0500. The normalized spacial score (nSPS) is 6.71. The summed E-state index contributed by atoms with van der Waals surface area (Å²) in [7, 11) is 3.45. The molecular weight excluding hydrogens is 158 g/mol. The molecular formula is C4H10BrNO. The fourth-order valence-electron chi connectivity index (χ4n) is 0. The predicted molar refractivity (Wildman–Crippen MR) is 34.7 cm³/mol. The standard InChI is InChI=1S/C4H9NO.BrH/c1-4(6)5(2)3;/h1-3H3;1H. The lowest BCUT2D eigenvalue weighted by Gasteiger charge is -2.02. The molecule has 0 spiro atoms. The molecule has 0 aromatic carbocycles. The van der Waals surface area contributed by atoms with Crippen molar-refractivity contribution < 1.29 is 4.79 Å². The van der Waals surface area contributed by atoms with Crippen LogP contribution in [0.3, 0.4) is 0 Å². The molecule has 0 bridgehead atoms. The van der Waals surface area contributed by atoms with Crippen LogP contribution < -0.4 is 0 Å². The Morgan fingerprint density at radius 3 is 1.57 bits per heavy atom. The van der Waals surface area contributed by atoms with Gasteiger partial charge < -0.3 is 4.90 Å². The predicted octanol–water partition coefficient (Wildman–Crippen LogP) is 0.672. The highest BCUT2D eigenvalue weighted by Gasteiger charge is 1.87. The van der Waals surface area contributed by atoms with Gasteiger partial charge in [-0.05, 0) is 0 Å². The summed E-state index contributed by atoms with van der Waals surface area (Å²) < 4.78 is 0. The van der Waals surface area contributed by atoms with E-state index in [1.165, 1.54) is 11.8 Å². The maximum Gasteiger partial charge on any atom is 0.218 e. The summed E-state index contributed by atoms with van der Waals surface area (Å²) in [6.07, 6.45) is 0. The molecule has 0 aliphatic heterocycles. The molecule has 0 fully saturated rings. The summed E-state index contributed by atoms with van der Waals surface area (Å²) >= 11 is 0. The molecule has 0 radical (unpaired) electrons. The van der Waals surface area contributed by atoms with Crippen LogP contribution in [0.4, 0.5) is 0 Å². The number of halogens is 1. The Labute approximate surface area is 54.3 Å². The van der Waals surface area contributed by atoms with Gasteiger partial charge in [-0.15, -0.1) is 17.0 Å². The number of hydrogen-bond acceptors (Lipinski definition) is 1. The molecule has 3 heteroatoms. The van der Waals surface area contributed by atoms with E-state index in [9.17, 15) is 4.79 Å². The van der Waals surface area contributed by atoms with Gasteiger partial charge in [0.25, 0.3) is 0 Å². The lowest BCUT2D eigenvalue weighted by molar-refractivity contribution is -0.126. The van der Waals surface area contributed by atoms with Gasteiger partial charge in [-0.2, -0.15) is 0 Å². The number of hydrogen-bond donors (Lipinski definition) is 0. The van der Waals surface area contributed by atoms with Gasteiger partial charge >= 0.3 is 0 Å². The van der Waals surface area contributed by atoms with Gasteiger partial charge in [0.1, 0.15) is 0 Å². The van der Waals surface area contributed by atoms with Crippen LogP contribution in [0, 0.1) is 0 Å². The molecule has 0 heterocycles. The molecule has 0 atom stereocenters. The van der Waals surface area contributed by atoms with Gasteiger partial charge in [-0.1, -0.05) is 0 Å².